The van der Waals surface area contributed by atoms with Gasteiger partial charge in [0.2, 0.25) is 0 Å². The smallest absolute Gasteiger partial charge is 0.270 e. The molecule has 1 atom stereocenters. The Kier molecular flexibility index (Phi) is 3.77. The molecule has 2 aromatic heterocycles. The molecule has 1 aliphatic heterocycles. The fourth-order valence-electron chi connectivity index (χ4n) is 3.80. The van der Waals surface area contributed by atoms with Gasteiger partial charge >= 0.3 is 0 Å². The summed E-state index contributed by atoms with van der Waals surface area (Å²) in [7, 11) is 0. The Hall–Kier alpha value is -3.87. The third kappa shape index (κ3) is 2.79. The van der Waals surface area contributed by atoms with E-state index in [0.29, 0.717) is 17.1 Å². The molecule has 29 heavy (non-hydrogen) atoms. The summed E-state index contributed by atoms with van der Waals surface area (Å²) in [5, 5.41) is 19.3. The minimum atomic E-state index is -0.408. The van der Waals surface area contributed by atoms with Crippen LogP contribution in [-0.4, -0.2) is 14.7 Å². The highest BCUT2D eigenvalue weighted by molar-refractivity contribution is 5.81. The van der Waals surface area contributed by atoms with Gasteiger partial charge in [0.05, 0.1) is 16.3 Å². The molecule has 2 aromatic carbocycles. The maximum absolute atomic E-state index is 11.1. The van der Waals surface area contributed by atoms with Gasteiger partial charge in [-0.05, 0) is 37.6 Å². The van der Waals surface area contributed by atoms with Crippen LogP contribution in [0.1, 0.15) is 23.2 Å². The Morgan fingerprint density at radius 2 is 1.93 bits per heavy atom. The maximum atomic E-state index is 11.1. The molecule has 0 saturated carbocycles. The molecular weight excluding hydrogens is 368 g/mol. The van der Waals surface area contributed by atoms with E-state index in [-0.39, 0.29) is 11.9 Å². The van der Waals surface area contributed by atoms with E-state index in [0.717, 1.165) is 28.2 Å². The Labute approximate surface area is 166 Å². The van der Waals surface area contributed by atoms with Crippen LogP contribution in [0.3, 0.4) is 0 Å². The molecule has 1 N–H and O–H groups in total. The Morgan fingerprint density at radius 3 is 2.76 bits per heavy atom. The summed E-state index contributed by atoms with van der Waals surface area (Å²) in [6, 6.07) is 18.4. The van der Waals surface area contributed by atoms with Gasteiger partial charge in [-0.1, -0.05) is 30.3 Å². The van der Waals surface area contributed by atoms with E-state index < -0.39 is 4.92 Å². The van der Waals surface area contributed by atoms with Crippen molar-refractivity contribution in [3.63, 3.8) is 0 Å². The first-order valence-electron chi connectivity index (χ1n) is 9.28. The van der Waals surface area contributed by atoms with Crippen LogP contribution in [0.15, 0.2) is 65.1 Å². The predicted molar refractivity (Wildman–Crippen MR) is 110 cm³/mol. The molecular formula is C22H18N4O3. The summed E-state index contributed by atoms with van der Waals surface area (Å²) in [4.78, 5) is 10.7. The molecule has 1 aliphatic rings. The largest absolute Gasteiger partial charge is 0.457 e. The number of nitro groups is 1. The Morgan fingerprint density at radius 1 is 1.10 bits per heavy atom. The molecule has 5 rings (SSSR count). The molecule has 7 nitrogen and oxygen atoms in total. The molecule has 0 amide bonds. The second kappa shape index (κ2) is 6.34. The highest BCUT2D eigenvalue weighted by atomic mass is 16.6. The SMILES string of the molecule is Cc1cc2n(n1)C(c1ccc(-c3cccc([N+](=O)[O-])c3)o1)Nc1c(C)cccc1-2. The van der Waals surface area contributed by atoms with E-state index in [4.69, 9.17) is 4.42 Å². The van der Waals surface area contributed by atoms with Gasteiger partial charge in [0.1, 0.15) is 11.5 Å². The number of non-ortho nitro benzene ring substituents is 1. The Bertz CT molecular complexity index is 1250. The molecule has 0 saturated heterocycles. The number of para-hydroxylation sites is 1. The summed E-state index contributed by atoms with van der Waals surface area (Å²) >= 11 is 0. The van der Waals surface area contributed by atoms with Crippen LogP contribution in [0.2, 0.25) is 0 Å². The lowest BCUT2D eigenvalue weighted by Gasteiger charge is -2.28. The molecule has 7 heteroatoms. The summed E-state index contributed by atoms with van der Waals surface area (Å²) in [6.07, 6.45) is -0.306. The molecule has 0 fully saturated rings. The predicted octanol–water partition coefficient (Wildman–Crippen LogP) is 5.31. The second-order valence-corrected chi connectivity index (χ2v) is 7.17. The number of nitrogens with one attached hydrogen (secondary N) is 1. The number of fused-ring (bicyclic) bond motifs is 3. The minimum Gasteiger partial charge on any atom is -0.457 e. The van der Waals surface area contributed by atoms with Crippen LogP contribution in [0.5, 0.6) is 0 Å². The van der Waals surface area contributed by atoms with E-state index in [1.165, 1.54) is 12.1 Å². The van der Waals surface area contributed by atoms with E-state index in [9.17, 15) is 10.1 Å². The van der Waals surface area contributed by atoms with Crippen molar-refractivity contribution in [3.8, 4) is 22.6 Å². The van der Waals surface area contributed by atoms with Crippen LogP contribution in [0, 0.1) is 24.0 Å². The molecule has 0 spiro atoms. The van der Waals surface area contributed by atoms with Crippen LogP contribution < -0.4 is 5.32 Å². The lowest BCUT2D eigenvalue weighted by atomic mass is 10.0. The van der Waals surface area contributed by atoms with E-state index in [1.807, 2.05) is 29.8 Å². The number of furan rings is 1. The first-order chi connectivity index (χ1) is 14.0. The number of anilines is 1. The molecule has 4 aromatic rings. The molecule has 144 valence electrons. The number of aryl methyl sites for hydroxylation is 2. The van der Waals surface area contributed by atoms with Crippen LogP contribution in [0.25, 0.3) is 22.6 Å². The van der Waals surface area contributed by atoms with Gasteiger partial charge in [-0.25, -0.2) is 4.68 Å². The Balaban J connectivity index is 1.58. The summed E-state index contributed by atoms with van der Waals surface area (Å²) in [6.45, 7) is 4.03. The zero-order valence-electron chi connectivity index (χ0n) is 15.9. The normalized spacial score (nSPS) is 14.8. The van der Waals surface area contributed by atoms with Gasteiger partial charge < -0.3 is 9.73 Å². The van der Waals surface area contributed by atoms with Crippen LogP contribution >= 0.6 is 0 Å². The standard InChI is InChI=1S/C22H18N4O3/c1-13-5-3-8-17-18-11-14(2)24-25(18)22(23-21(13)17)20-10-9-19(29-20)15-6-4-7-16(12-15)26(27)28/h3-12,22-23H,1-2H3. The summed E-state index contributed by atoms with van der Waals surface area (Å²) < 4.78 is 8.04. The van der Waals surface area contributed by atoms with E-state index in [2.05, 4.69) is 35.5 Å². The van der Waals surface area contributed by atoms with Gasteiger partial charge in [0.15, 0.2) is 6.17 Å². The fraction of sp³-hybridized carbons (Fsp3) is 0.136. The highest BCUT2D eigenvalue weighted by Gasteiger charge is 2.29. The zero-order chi connectivity index (χ0) is 20.1. The first-order valence-corrected chi connectivity index (χ1v) is 9.28. The number of nitrogens with zero attached hydrogens (tertiary/aromatic N) is 3. The number of hydrogen-bond donors (Lipinski definition) is 1. The topological polar surface area (TPSA) is 86.1 Å². The first kappa shape index (κ1) is 17.2. The molecule has 0 radical (unpaired) electrons. The third-order valence-corrected chi connectivity index (χ3v) is 5.17. The lowest BCUT2D eigenvalue weighted by Crippen LogP contribution is -2.25. The van der Waals surface area contributed by atoms with Gasteiger partial charge in [-0.2, -0.15) is 5.10 Å². The summed E-state index contributed by atoms with van der Waals surface area (Å²) in [5.74, 6) is 1.26. The number of nitro benzene ring substituents is 1. The fourth-order valence-corrected chi connectivity index (χ4v) is 3.80. The molecule has 1 unspecified atom stereocenters. The van der Waals surface area contributed by atoms with Crippen molar-refractivity contribution >= 4 is 11.4 Å². The quantitative estimate of drug-likeness (QED) is 0.381. The van der Waals surface area contributed by atoms with Crippen molar-refractivity contribution in [2.24, 2.45) is 0 Å². The monoisotopic (exact) mass is 386 g/mol. The van der Waals surface area contributed by atoms with Gasteiger partial charge in [-0.15, -0.1) is 0 Å². The maximum Gasteiger partial charge on any atom is 0.270 e. The van der Waals surface area contributed by atoms with Crippen molar-refractivity contribution in [1.29, 1.82) is 0 Å². The number of aromatic nitrogens is 2. The van der Waals surface area contributed by atoms with Crippen molar-refractivity contribution in [2.45, 2.75) is 20.0 Å². The average molecular weight is 386 g/mol. The third-order valence-electron chi connectivity index (χ3n) is 5.17. The van der Waals surface area contributed by atoms with Gasteiger partial charge in [0.25, 0.3) is 5.69 Å². The van der Waals surface area contributed by atoms with E-state index in [1.54, 1.807) is 12.1 Å². The van der Waals surface area contributed by atoms with Crippen LogP contribution in [-0.2, 0) is 0 Å². The number of hydrogen-bond acceptors (Lipinski definition) is 5. The van der Waals surface area contributed by atoms with Crippen molar-refractivity contribution < 1.29 is 9.34 Å². The van der Waals surface area contributed by atoms with Gasteiger partial charge in [-0.3, -0.25) is 10.1 Å². The number of rotatable bonds is 3. The average Bonchev–Trinajstić information content (AvgIpc) is 3.34. The second-order valence-electron chi connectivity index (χ2n) is 7.17. The van der Waals surface area contributed by atoms with Crippen LogP contribution in [0.4, 0.5) is 11.4 Å². The highest BCUT2D eigenvalue weighted by Crippen LogP contribution is 2.41. The molecule has 0 bridgehead atoms. The van der Waals surface area contributed by atoms with Crippen molar-refractivity contribution in [1.82, 2.24) is 9.78 Å². The van der Waals surface area contributed by atoms with E-state index >= 15 is 0 Å². The lowest BCUT2D eigenvalue weighted by molar-refractivity contribution is -0.384. The van der Waals surface area contributed by atoms with Crippen molar-refractivity contribution in [2.75, 3.05) is 5.32 Å². The summed E-state index contributed by atoms with van der Waals surface area (Å²) in [5.41, 5.74) is 5.94. The molecule has 3 heterocycles. The van der Waals surface area contributed by atoms with Gasteiger partial charge in [0, 0.05) is 28.9 Å². The minimum absolute atomic E-state index is 0.0331. The molecule has 0 aliphatic carbocycles. The number of benzene rings is 2. The zero-order valence-corrected chi connectivity index (χ0v) is 15.9. The van der Waals surface area contributed by atoms with Crippen molar-refractivity contribution in [3.05, 3.63) is 87.8 Å².